The lowest BCUT2D eigenvalue weighted by molar-refractivity contribution is -0.146. The number of nitrogens with zero attached hydrogens (tertiary/aromatic N) is 1. The lowest BCUT2D eigenvalue weighted by Gasteiger charge is -2.33. The SMILES string of the molecule is O=C(CCN1C(=O)COc2ccccc21)NC1CC(C(=O)O)C1. The minimum absolute atomic E-state index is 0.0262. The molecule has 1 fully saturated rings. The largest absolute Gasteiger partial charge is 0.482 e. The Hall–Kier alpha value is -2.57. The fraction of sp³-hybridized carbons (Fsp3) is 0.438. The van der Waals surface area contributed by atoms with E-state index in [2.05, 4.69) is 5.32 Å². The number of nitrogens with one attached hydrogen (secondary N) is 1. The van der Waals surface area contributed by atoms with Crippen molar-refractivity contribution in [3.05, 3.63) is 24.3 Å². The Morgan fingerprint density at radius 1 is 1.30 bits per heavy atom. The third-order valence-electron chi connectivity index (χ3n) is 4.22. The fourth-order valence-electron chi connectivity index (χ4n) is 2.85. The van der Waals surface area contributed by atoms with Gasteiger partial charge in [-0.05, 0) is 25.0 Å². The molecule has 0 bridgehead atoms. The monoisotopic (exact) mass is 318 g/mol. The number of fused-ring (bicyclic) bond motifs is 1. The van der Waals surface area contributed by atoms with Gasteiger partial charge in [-0.25, -0.2) is 0 Å². The molecule has 0 atom stereocenters. The highest BCUT2D eigenvalue weighted by Crippen LogP contribution is 2.31. The molecule has 2 aliphatic rings. The average Bonchev–Trinajstić information content (AvgIpc) is 2.49. The molecule has 23 heavy (non-hydrogen) atoms. The second-order valence-electron chi connectivity index (χ2n) is 5.82. The van der Waals surface area contributed by atoms with E-state index >= 15 is 0 Å². The number of carboxylic acid groups (broad SMARTS) is 1. The van der Waals surface area contributed by atoms with Gasteiger partial charge >= 0.3 is 5.97 Å². The van der Waals surface area contributed by atoms with Crippen LogP contribution >= 0.6 is 0 Å². The van der Waals surface area contributed by atoms with E-state index in [1.54, 1.807) is 17.0 Å². The first-order valence-electron chi connectivity index (χ1n) is 7.59. The van der Waals surface area contributed by atoms with Gasteiger partial charge in [0.1, 0.15) is 5.75 Å². The molecule has 2 N–H and O–H groups in total. The number of benzene rings is 1. The van der Waals surface area contributed by atoms with E-state index in [9.17, 15) is 14.4 Å². The van der Waals surface area contributed by atoms with Crippen molar-refractivity contribution in [1.29, 1.82) is 0 Å². The van der Waals surface area contributed by atoms with Gasteiger partial charge in [0, 0.05) is 19.0 Å². The highest BCUT2D eigenvalue weighted by Gasteiger charge is 2.35. The van der Waals surface area contributed by atoms with Gasteiger partial charge in [0.15, 0.2) is 6.61 Å². The molecule has 2 amide bonds. The summed E-state index contributed by atoms with van der Waals surface area (Å²) in [4.78, 5) is 36.2. The maximum absolute atomic E-state index is 12.0. The van der Waals surface area contributed by atoms with Gasteiger partial charge in [-0.1, -0.05) is 12.1 Å². The number of carbonyl (C=O) groups excluding carboxylic acids is 2. The molecule has 1 heterocycles. The molecule has 0 saturated heterocycles. The van der Waals surface area contributed by atoms with Crippen molar-refractivity contribution >= 4 is 23.5 Å². The van der Waals surface area contributed by atoms with Crippen molar-refractivity contribution in [2.75, 3.05) is 18.1 Å². The van der Waals surface area contributed by atoms with Crippen molar-refractivity contribution in [3.63, 3.8) is 0 Å². The third kappa shape index (κ3) is 3.28. The molecule has 0 unspecified atom stereocenters. The number of amides is 2. The summed E-state index contributed by atoms with van der Waals surface area (Å²) in [5.74, 6) is -0.878. The van der Waals surface area contributed by atoms with Gasteiger partial charge in [0.2, 0.25) is 5.91 Å². The molecule has 1 aliphatic heterocycles. The minimum atomic E-state index is -0.814. The van der Waals surface area contributed by atoms with E-state index in [1.807, 2.05) is 12.1 Å². The van der Waals surface area contributed by atoms with E-state index in [0.717, 1.165) is 0 Å². The number of carbonyl (C=O) groups is 3. The van der Waals surface area contributed by atoms with Gasteiger partial charge in [0.05, 0.1) is 11.6 Å². The third-order valence-corrected chi connectivity index (χ3v) is 4.22. The minimum Gasteiger partial charge on any atom is -0.482 e. The van der Waals surface area contributed by atoms with Crippen LogP contribution in [-0.4, -0.2) is 42.1 Å². The number of hydrogen-bond donors (Lipinski definition) is 2. The molecule has 0 spiro atoms. The maximum Gasteiger partial charge on any atom is 0.306 e. The van der Waals surface area contributed by atoms with Crippen molar-refractivity contribution in [3.8, 4) is 5.75 Å². The first-order valence-corrected chi connectivity index (χ1v) is 7.59. The molecule has 1 saturated carbocycles. The molecule has 7 nitrogen and oxygen atoms in total. The Balaban J connectivity index is 1.51. The van der Waals surface area contributed by atoms with Crippen LogP contribution in [0, 0.1) is 5.92 Å². The number of ether oxygens (including phenoxy) is 1. The Bertz CT molecular complexity index is 639. The Morgan fingerprint density at radius 2 is 2.04 bits per heavy atom. The maximum atomic E-state index is 12.0. The second-order valence-corrected chi connectivity index (χ2v) is 5.82. The number of rotatable bonds is 5. The van der Waals surface area contributed by atoms with Crippen LogP contribution in [0.4, 0.5) is 5.69 Å². The molecule has 7 heteroatoms. The van der Waals surface area contributed by atoms with E-state index < -0.39 is 5.97 Å². The van der Waals surface area contributed by atoms with Gasteiger partial charge in [-0.2, -0.15) is 0 Å². The lowest BCUT2D eigenvalue weighted by Crippen LogP contribution is -2.48. The number of anilines is 1. The van der Waals surface area contributed by atoms with Gasteiger partial charge in [-0.3, -0.25) is 14.4 Å². The first kappa shape index (κ1) is 15.3. The summed E-state index contributed by atoms with van der Waals surface area (Å²) in [7, 11) is 0. The second kappa shape index (κ2) is 6.28. The van der Waals surface area contributed by atoms with Gasteiger partial charge < -0.3 is 20.1 Å². The molecular weight excluding hydrogens is 300 g/mol. The molecule has 1 aliphatic carbocycles. The first-order chi connectivity index (χ1) is 11.0. The molecule has 1 aromatic rings. The van der Waals surface area contributed by atoms with Crippen molar-refractivity contribution in [2.24, 2.45) is 5.92 Å². The van der Waals surface area contributed by atoms with Gasteiger partial charge in [-0.15, -0.1) is 0 Å². The summed E-state index contributed by atoms with van der Waals surface area (Å²) < 4.78 is 5.35. The molecular formula is C16H18N2O5. The van der Waals surface area contributed by atoms with Crippen LogP contribution in [0.5, 0.6) is 5.75 Å². The Labute approximate surface area is 133 Å². The van der Waals surface area contributed by atoms with Crippen LogP contribution in [0.25, 0.3) is 0 Å². The van der Waals surface area contributed by atoms with Crippen molar-refractivity contribution < 1.29 is 24.2 Å². The summed E-state index contributed by atoms with van der Waals surface area (Å²) in [6.07, 6.45) is 1.12. The molecule has 0 radical (unpaired) electrons. The lowest BCUT2D eigenvalue weighted by atomic mass is 9.80. The predicted octanol–water partition coefficient (Wildman–Crippen LogP) is 0.781. The zero-order chi connectivity index (χ0) is 16.4. The normalized spacial score (nSPS) is 22.6. The topological polar surface area (TPSA) is 95.9 Å². The summed E-state index contributed by atoms with van der Waals surface area (Å²) in [6, 6.07) is 7.14. The quantitative estimate of drug-likeness (QED) is 0.836. The number of aliphatic carboxylic acids is 1. The number of hydrogen-bond acceptors (Lipinski definition) is 4. The van der Waals surface area contributed by atoms with Crippen LogP contribution in [-0.2, 0) is 14.4 Å². The standard InChI is InChI=1S/C16H18N2O5/c19-14(17-11-7-10(8-11)16(21)22)5-6-18-12-3-1-2-4-13(12)23-9-15(18)20/h1-4,10-11H,5-9H2,(H,17,19)(H,21,22). The van der Waals surface area contributed by atoms with Crippen LogP contribution in [0.15, 0.2) is 24.3 Å². The van der Waals surface area contributed by atoms with Crippen LogP contribution in [0.1, 0.15) is 19.3 Å². The number of carboxylic acids is 1. The van der Waals surface area contributed by atoms with Gasteiger partial charge in [0.25, 0.3) is 5.91 Å². The van der Waals surface area contributed by atoms with E-state index in [1.165, 1.54) is 0 Å². The molecule has 0 aromatic heterocycles. The molecule has 122 valence electrons. The summed E-state index contributed by atoms with van der Waals surface area (Å²) in [5.41, 5.74) is 0.672. The van der Waals surface area contributed by atoms with E-state index in [-0.39, 0.29) is 43.3 Å². The van der Waals surface area contributed by atoms with E-state index in [4.69, 9.17) is 9.84 Å². The number of para-hydroxylation sites is 2. The Kier molecular flexibility index (Phi) is 4.18. The van der Waals surface area contributed by atoms with Crippen molar-refractivity contribution in [1.82, 2.24) is 5.32 Å². The predicted molar refractivity (Wildman–Crippen MR) is 81.2 cm³/mol. The van der Waals surface area contributed by atoms with Crippen LogP contribution in [0.2, 0.25) is 0 Å². The Morgan fingerprint density at radius 3 is 2.78 bits per heavy atom. The van der Waals surface area contributed by atoms with E-state index in [0.29, 0.717) is 24.3 Å². The fourth-order valence-corrected chi connectivity index (χ4v) is 2.85. The average molecular weight is 318 g/mol. The summed E-state index contributed by atoms with van der Waals surface area (Å²) in [6.45, 7) is 0.252. The van der Waals surface area contributed by atoms with Crippen molar-refractivity contribution in [2.45, 2.75) is 25.3 Å². The molecule has 3 rings (SSSR count). The zero-order valence-corrected chi connectivity index (χ0v) is 12.5. The highest BCUT2D eigenvalue weighted by molar-refractivity contribution is 5.98. The highest BCUT2D eigenvalue weighted by atomic mass is 16.5. The van der Waals surface area contributed by atoms with Crippen LogP contribution < -0.4 is 15.0 Å². The zero-order valence-electron chi connectivity index (χ0n) is 12.5. The molecule has 1 aromatic carbocycles. The summed E-state index contributed by atoms with van der Waals surface area (Å²) >= 11 is 0. The van der Waals surface area contributed by atoms with Crippen LogP contribution in [0.3, 0.4) is 0 Å². The summed E-state index contributed by atoms with van der Waals surface area (Å²) in [5, 5.41) is 11.6. The smallest absolute Gasteiger partial charge is 0.306 e.